The number of carbonyl (C=O) groups excluding carboxylic acids is 1. The molecule has 1 N–H and O–H groups in total. The number of carboxylic acid groups (broad SMARTS) is 1. The van der Waals surface area contributed by atoms with Crippen LogP contribution < -0.4 is 0 Å². The number of nitrogens with zero attached hydrogens (tertiary/aromatic N) is 3. The minimum Gasteiger partial charge on any atom is -0.480 e. The lowest BCUT2D eigenvalue weighted by atomic mass is 10.3. The Morgan fingerprint density at radius 3 is 2.15 bits per heavy atom. The molecule has 0 saturated carbocycles. The van der Waals surface area contributed by atoms with Crippen molar-refractivity contribution in [3.8, 4) is 0 Å². The van der Waals surface area contributed by atoms with E-state index in [9.17, 15) is 18.0 Å². The third-order valence-electron chi connectivity index (χ3n) is 3.07. The summed E-state index contributed by atoms with van der Waals surface area (Å²) in [6.07, 6.45) is 1.81. The van der Waals surface area contributed by atoms with E-state index in [-0.39, 0.29) is 38.8 Å². The number of sulfonamides is 1. The van der Waals surface area contributed by atoms with Crippen molar-refractivity contribution in [2.24, 2.45) is 0 Å². The highest BCUT2D eigenvalue weighted by Crippen LogP contribution is 2.09. The van der Waals surface area contributed by atoms with Crippen LogP contribution >= 0.6 is 0 Å². The molecule has 0 aliphatic carbocycles. The van der Waals surface area contributed by atoms with Crippen LogP contribution in [0.25, 0.3) is 0 Å². The number of urea groups is 1. The van der Waals surface area contributed by atoms with Gasteiger partial charge >= 0.3 is 12.0 Å². The molecular weight excluding hydrogens is 286 g/mol. The fraction of sp³-hybridized carbons (Fsp3) is 0.818. The molecule has 9 heteroatoms. The van der Waals surface area contributed by atoms with Gasteiger partial charge in [-0.15, -0.1) is 0 Å². The summed E-state index contributed by atoms with van der Waals surface area (Å²) in [5.41, 5.74) is 0. The Morgan fingerprint density at radius 1 is 1.20 bits per heavy atom. The molecule has 20 heavy (non-hydrogen) atoms. The van der Waals surface area contributed by atoms with Gasteiger partial charge in [0.15, 0.2) is 0 Å². The van der Waals surface area contributed by atoms with E-state index in [4.69, 9.17) is 5.11 Å². The maximum Gasteiger partial charge on any atom is 0.323 e. The van der Waals surface area contributed by atoms with Gasteiger partial charge in [0.1, 0.15) is 6.54 Å². The van der Waals surface area contributed by atoms with Crippen LogP contribution in [0.1, 0.15) is 13.3 Å². The Morgan fingerprint density at radius 2 is 1.75 bits per heavy atom. The fourth-order valence-electron chi connectivity index (χ4n) is 2.09. The molecule has 0 bridgehead atoms. The number of hydrogen-bond donors (Lipinski definition) is 1. The number of carbonyl (C=O) groups is 2. The molecule has 8 nitrogen and oxygen atoms in total. The van der Waals surface area contributed by atoms with Crippen molar-refractivity contribution < 1.29 is 23.1 Å². The minimum atomic E-state index is -3.24. The van der Waals surface area contributed by atoms with Gasteiger partial charge in [-0.3, -0.25) is 4.79 Å². The van der Waals surface area contributed by atoms with Gasteiger partial charge in [0.25, 0.3) is 0 Å². The number of aliphatic carboxylic acids is 1. The Balaban J connectivity index is 2.62. The molecule has 0 spiro atoms. The first-order valence-corrected chi connectivity index (χ1v) is 8.31. The first-order valence-electron chi connectivity index (χ1n) is 6.46. The van der Waals surface area contributed by atoms with Gasteiger partial charge in [-0.1, -0.05) is 6.92 Å². The fourth-order valence-corrected chi connectivity index (χ4v) is 2.91. The number of rotatable bonds is 5. The van der Waals surface area contributed by atoms with Crippen molar-refractivity contribution in [1.82, 2.24) is 14.1 Å². The third kappa shape index (κ3) is 4.64. The topological polar surface area (TPSA) is 98.2 Å². The van der Waals surface area contributed by atoms with Crippen molar-refractivity contribution >= 4 is 22.0 Å². The molecule has 0 radical (unpaired) electrons. The van der Waals surface area contributed by atoms with E-state index in [1.54, 1.807) is 0 Å². The lowest BCUT2D eigenvalue weighted by Gasteiger charge is -2.36. The van der Waals surface area contributed by atoms with Gasteiger partial charge in [-0.05, 0) is 6.42 Å². The largest absolute Gasteiger partial charge is 0.480 e. The zero-order valence-corrected chi connectivity index (χ0v) is 12.6. The Hall–Kier alpha value is -1.35. The average molecular weight is 307 g/mol. The summed E-state index contributed by atoms with van der Waals surface area (Å²) in [5, 5.41) is 8.81. The molecule has 1 aliphatic heterocycles. The van der Waals surface area contributed by atoms with Gasteiger partial charge in [-0.25, -0.2) is 13.2 Å². The van der Waals surface area contributed by atoms with E-state index < -0.39 is 16.0 Å². The van der Waals surface area contributed by atoms with Gasteiger partial charge < -0.3 is 14.9 Å². The minimum absolute atomic E-state index is 0.248. The van der Waals surface area contributed by atoms with E-state index >= 15 is 0 Å². The molecule has 1 rings (SSSR count). The summed E-state index contributed by atoms with van der Waals surface area (Å²) in [5.74, 6) is -1.05. The quantitative estimate of drug-likeness (QED) is 0.737. The molecule has 1 heterocycles. The maximum atomic E-state index is 12.2. The van der Waals surface area contributed by atoms with E-state index in [1.807, 2.05) is 6.92 Å². The lowest BCUT2D eigenvalue weighted by Crippen LogP contribution is -2.54. The Kier molecular flexibility index (Phi) is 5.75. The Labute approximate surface area is 119 Å². The highest BCUT2D eigenvalue weighted by molar-refractivity contribution is 7.88. The highest BCUT2D eigenvalue weighted by Gasteiger charge is 2.28. The van der Waals surface area contributed by atoms with Gasteiger partial charge in [-0.2, -0.15) is 4.31 Å². The monoisotopic (exact) mass is 307 g/mol. The molecule has 0 aromatic carbocycles. The molecule has 0 aromatic rings. The number of hydrogen-bond acceptors (Lipinski definition) is 4. The molecule has 0 atom stereocenters. The summed E-state index contributed by atoms with van der Waals surface area (Å²) >= 11 is 0. The van der Waals surface area contributed by atoms with Crippen LogP contribution in [-0.4, -0.2) is 85.2 Å². The number of amides is 2. The first kappa shape index (κ1) is 16.7. The smallest absolute Gasteiger partial charge is 0.323 e. The van der Waals surface area contributed by atoms with Crippen molar-refractivity contribution in [1.29, 1.82) is 0 Å². The first-order chi connectivity index (χ1) is 9.25. The molecule has 1 saturated heterocycles. The van der Waals surface area contributed by atoms with E-state index in [1.165, 1.54) is 14.1 Å². The zero-order valence-electron chi connectivity index (χ0n) is 11.8. The predicted molar refractivity (Wildman–Crippen MR) is 72.9 cm³/mol. The van der Waals surface area contributed by atoms with Crippen molar-refractivity contribution in [2.75, 3.05) is 45.5 Å². The summed E-state index contributed by atoms with van der Waals surface area (Å²) in [6.45, 7) is 2.97. The standard InChI is InChI=1S/C11H21N3O5S/c1-3-4-13(9-10(15)16)11(17)12-5-7-14(8-6-12)20(2,18)19/h3-9H2,1-2H3,(H,15,16). The summed E-state index contributed by atoms with van der Waals surface area (Å²) in [4.78, 5) is 25.7. The van der Waals surface area contributed by atoms with E-state index in [2.05, 4.69) is 0 Å². The van der Waals surface area contributed by atoms with Crippen molar-refractivity contribution in [3.05, 3.63) is 0 Å². The molecule has 0 unspecified atom stereocenters. The summed E-state index contributed by atoms with van der Waals surface area (Å²) in [7, 11) is -3.24. The van der Waals surface area contributed by atoms with E-state index in [0.29, 0.717) is 13.0 Å². The van der Waals surface area contributed by atoms with Crippen LogP contribution in [-0.2, 0) is 14.8 Å². The Bertz CT molecular complexity index is 457. The van der Waals surface area contributed by atoms with Crippen LogP contribution in [0.15, 0.2) is 0 Å². The number of carboxylic acids is 1. The second-order valence-corrected chi connectivity index (χ2v) is 6.73. The van der Waals surface area contributed by atoms with Crippen LogP contribution in [0.4, 0.5) is 4.79 Å². The summed E-state index contributed by atoms with van der Waals surface area (Å²) < 4.78 is 24.1. The zero-order chi connectivity index (χ0) is 15.3. The SMILES string of the molecule is CCCN(CC(=O)O)C(=O)N1CCN(S(C)(=O)=O)CC1. The molecule has 2 amide bonds. The van der Waals surface area contributed by atoms with Crippen LogP contribution in [0.5, 0.6) is 0 Å². The molecule has 0 aromatic heterocycles. The normalized spacial score (nSPS) is 17.0. The third-order valence-corrected chi connectivity index (χ3v) is 4.37. The van der Waals surface area contributed by atoms with Gasteiger partial charge in [0.2, 0.25) is 10.0 Å². The highest BCUT2D eigenvalue weighted by atomic mass is 32.2. The number of piperazine rings is 1. The second kappa shape index (κ2) is 6.89. The predicted octanol–water partition coefficient (Wildman–Crippen LogP) is -0.520. The summed E-state index contributed by atoms with van der Waals surface area (Å²) in [6, 6.07) is -0.345. The molecule has 116 valence electrons. The van der Waals surface area contributed by atoms with Crippen LogP contribution in [0.2, 0.25) is 0 Å². The second-order valence-electron chi connectivity index (χ2n) is 4.75. The van der Waals surface area contributed by atoms with Crippen molar-refractivity contribution in [2.45, 2.75) is 13.3 Å². The van der Waals surface area contributed by atoms with Gasteiger partial charge in [0, 0.05) is 32.7 Å². The lowest BCUT2D eigenvalue weighted by molar-refractivity contribution is -0.137. The average Bonchev–Trinajstić information content (AvgIpc) is 2.36. The van der Waals surface area contributed by atoms with Crippen LogP contribution in [0.3, 0.4) is 0 Å². The molecule has 1 aliphatic rings. The molecular formula is C11H21N3O5S. The van der Waals surface area contributed by atoms with Crippen LogP contribution in [0, 0.1) is 0 Å². The maximum absolute atomic E-state index is 12.2. The van der Waals surface area contributed by atoms with E-state index in [0.717, 1.165) is 6.26 Å². The molecule has 1 fully saturated rings. The van der Waals surface area contributed by atoms with Crippen molar-refractivity contribution in [3.63, 3.8) is 0 Å². The van der Waals surface area contributed by atoms with Gasteiger partial charge in [0.05, 0.1) is 6.26 Å².